The van der Waals surface area contributed by atoms with E-state index in [1.165, 1.54) is 12.1 Å². The van der Waals surface area contributed by atoms with E-state index in [0.29, 0.717) is 23.0 Å². The number of benzene rings is 2. The average Bonchev–Trinajstić information content (AvgIpc) is 2.46. The second-order valence-corrected chi connectivity index (χ2v) is 5.08. The van der Waals surface area contributed by atoms with Crippen LogP contribution in [0.5, 0.6) is 5.75 Å². The van der Waals surface area contributed by atoms with Gasteiger partial charge in [-0.3, -0.25) is 10.1 Å². The molecule has 2 aromatic rings. The predicted molar refractivity (Wildman–Crippen MR) is 83.4 cm³/mol. The van der Waals surface area contributed by atoms with Gasteiger partial charge in [0.15, 0.2) is 0 Å². The maximum absolute atomic E-state index is 10.9. The van der Waals surface area contributed by atoms with Crippen molar-refractivity contribution >= 4 is 34.6 Å². The van der Waals surface area contributed by atoms with E-state index in [2.05, 4.69) is 5.32 Å². The Morgan fingerprint density at radius 1 is 1.24 bits per heavy atom. The third-order valence-electron chi connectivity index (χ3n) is 2.85. The van der Waals surface area contributed by atoms with Crippen LogP contribution in [0, 0.1) is 10.1 Å². The number of methoxy groups -OCH3 is 1. The molecule has 2 rings (SSSR count). The van der Waals surface area contributed by atoms with Crippen LogP contribution in [0.25, 0.3) is 0 Å². The van der Waals surface area contributed by atoms with E-state index >= 15 is 0 Å². The van der Waals surface area contributed by atoms with Gasteiger partial charge in [-0.15, -0.1) is 0 Å². The number of hydrogen-bond donors (Lipinski definition) is 1. The van der Waals surface area contributed by atoms with E-state index in [9.17, 15) is 10.1 Å². The molecule has 21 heavy (non-hydrogen) atoms. The Labute approximate surface area is 131 Å². The molecule has 1 N–H and O–H groups in total. The summed E-state index contributed by atoms with van der Waals surface area (Å²) in [6, 6.07) is 9.86. The van der Waals surface area contributed by atoms with E-state index in [4.69, 9.17) is 27.9 Å². The summed E-state index contributed by atoms with van der Waals surface area (Å²) < 4.78 is 5.22. The summed E-state index contributed by atoms with van der Waals surface area (Å²) in [6.45, 7) is 0.384. The van der Waals surface area contributed by atoms with Crippen LogP contribution < -0.4 is 10.1 Å². The SMILES string of the molecule is COc1ccc(Cl)cc1NCc1ccc(Cl)c([N+](=O)[O-])c1. The number of nitro benzene ring substituents is 1. The maximum atomic E-state index is 10.9. The molecule has 0 saturated heterocycles. The highest BCUT2D eigenvalue weighted by Gasteiger charge is 2.13. The first-order chi connectivity index (χ1) is 10.0. The van der Waals surface area contributed by atoms with Crippen molar-refractivity contribution in [2.24, 2.45) is 0 Å². The normalized spacial score (nSPS) is 10.2. The molecule has 0 aliphatic carbocycles. The lowest BCUT2D eigenvalue weighted by Crippen LogP contribution is -2.02. The molecule has 0 fully saturated rings. The number of nitrogens with zero attached hydrogens (tertiary/aromatic N) is 1. The molecule has 0 spiro atoms. The Balaban J connectivity index is 2.19. The summed E-state index contributed by atoms with van der Waals surface area (Å²) in [5, 5.41) is 14.7. The summed E-state index contributed by atoms with van der Waals surface area (Å²) in [5.41, 5.74) is 1.32. The van der Waals surface area contributed by atoms with Crippen molar-refractivity contribution in [3.05, 3.63) is 62.1 Å². The Hall–Kier alpha value is -1.98. The van der Waals surface area contributed by atoms with Gasteiger partial charge in [0.25, 0.3) is 5.69 Å². The first-order valence-corrected chi connectivity index (χ1v) is 6.77. The molecule has 0 unspecified atom stereocenters. The molecule has 5 nitrogen and oxygen atoms in total. The monoisotopic (exact) mass is 326 g/mol. The highest BCUT2D eigenvalue weighted by molar-refractivity contribution is 6.32. The molecule has 0 atom stereocenters. The topological polar surface area (TPSA) is 64.4 Å². The lowest BCUT2D eigenvalue weighted by molar-refractivity contribution is -0.384. The van der Waals surface area contributed by atoms with Gasteiger partial charge >= 0.3 is 0 Å². The molecular weight excluding hydrogens is 315 g/mol. The van der Waals surface area contributed by atoms with Crippen LogP contribution in [0.2, 0.25) is 10.0 Å². The van der Waals surface area contributed by atoms with Crippen molar-refractivity contribution in [3.8, 4) is 5.75 Å². The van der Waals surface area contributed by atoms with Gasteiger partial charge in [-0.1, -0.05) is 29.3 Å². The van der Waals surface area contributed by atoms with E-state index in [0.717, 1.165) is 5.56 Å². The molecule has 0 aromatic heterocycles. The number of rotatable bonds is 5. The van der Waals surface area contributed by atoms with Gasteiger partial charge in [-0.05, 0) is 29.8 Å². The number of ether oxygens (including phenoxy) is 1. The molecule has 0 amide bonds. The highest BCUT2D eigenvalue weighted by Crippen LogP contribution is 2.29. The first kappa shape index (κ1) is 15.4. The summed E-state index contributed by atoms with van der Waals surface area (Å²) in [6.07, 6.45) is 0. The molecule has 110 valence electrons. The third kappa shape index (κ3) is 3.77. The largest absolute Gasteiger partial charge is 0.495 e. The summed E-state index contributed by atoms with van der Waals surface area (Å²) in [7, 11) is 1.56. The lowest BCUT2D eigenvalue weighted by Gasteiger charge is -2.11. The fourth-order valence-corrected chi connectivity index (χ4v) is 2.18. The van der Waals surface area contributed by atoms with Crippen molar-refractivity contribution in [1.29, 1.82) is 0 Å². The molecule has 0 radical (unpaired) electrons. The van der Waals surface area contributed by atoms with Crippen LogP contribution in [0.15, 0.2) is 36.4 Å². The van der Waals surface area contributed by atoms with E-state index in [1.807, 2.05) is 0 Å². The number of nitrogens with one attached hydrogen (secondary N) is 1. The Morgan fingerprint density at radius 2 is 2.00 bits per heavy atom. The highest BCUT2D eigenvalue weighted by atomic mass is 35.5. The molecule has 0 bridgehead atoms. The van der Waals surface area contributed by atoms with Crippen molar-refractivity contribution < 1.29 is 9.66 Å². The Morgan fingerprint density at radius 3 is 2.67 bits per heavy atom. The number of anilines is 1. The van der Waals surface area contributed by atoms with Gasteiger partial charge in [-0.25, -0.2) is 0 Å². The second kappa shape index (κ2) is 6.65. The van der Waals surface area contributed by atoms with Gasteiger partial charge in [0.2, 0.25) is 0 Å². The molecule has 2 aromatic carbocycles. The van der Waals surface area contributed by atoms with Gasteiger partial charge < -0.3 is 10.1 Å². The third-order valence-corrected chi connectivity index (χ3v) is 3.41. The fraction of sp³-hybridized carbons (Fsp3) is 0.143. The van der Waals surface area contributed by atoms with Crippen LogP contribution in [0.4, 0.5) is 11.4 Å². The molecule has 0 saturated carbocycles. The Bertz CT molecular complexity index is 677. The van der Waals surface area contributed by atoms with E-state index in [-0.39, 0.29) is 10.7 Å². The minimum Gasteiger partial charge on any atom is -0.495 e. The van der Waals surface area contributed by atoms with Gasteiger partial charge in [-0.2, -0.15) is 0 Å². The Kier molecular flexibility index (Phi) is 4.88. The smallest absolute Gasteiger partial charge is 0.288 e. The van der Waals surface area contributed by atoms with Crippen LogP contribution in [-0.2, 0) is 6.54 Å². The number of nitro groups is 1. The number of halogens is 2. The zero-order valence-electron chi connectivity index (χ0n) is 11.1. The van der Waals surface area contributed by atoms with Crippen LogP contribution >= 0.6 is 23.2 Å². The van der Waals surface area contributed by atoms with Crippen molar-refractivity contribution in [3.63, 3.8) is 0 Å². The molecular formula is C14H12Cl2N2O3. The predicted octanol–water partition coefficient (Wildman–Crippen LogP) is 4.52. The summed E-state index contributed by atoms with van der Waals surface area (Å²) in [5.74, 6) is 0.642. The standard InChI is InChI=1S/C14H12Cl2N2O3/c1-21-14-5-3-10(15)7-12(14)17-8-9-2-4-11(16)13(6-9)18(19)20/h2-7,17H,8H2,1H3. The summed E-state index contributed by atoms with van der Waals surface area (Å²) >= 11 is 11.7. The second-order valence-electron chi connectivity index (χ2n) is 4.24. The van der Waals surface area contributed by atoms with E-state index in [1.54, 1.807) is 31.4 Å². The minimum absolute atomic E-state index is 0.115. The van der Waals surface area contributed by atoms with Crippen LogP contribution in [0.3, 0.4) is 0 Å². The lowest BCUT2D eigenvalue weighted by atomic mass is 10.2. The van der Waals surface area contributed by atoms with E-state index < -0.39 is 4.92 Å². The first-order valence-electron chi connectivity index (χ1n) is 6.01. The van der Waals surface area contributed by atoms with Crippen molar-refractivity contribution in [2.75, 3.05) is 12.4 Å². The zero-order chi connectivity index (χ0) is 15.4. The fourth-order valence-electron chi connectivity index (χ4n) is 1.82. The number of hydrogen-bond acceptors (Lipinski definition) is 4. The molecule has 0 aliphatic heterocycles. The molecule has 0 aliphatic rings. The minimum atomic E-state index is -0.508. The van der Waals surface area contributed by atoms with Gasteiger partial charge in [0.05, 0.1) is 17.7 Å². The van der Waals surface area contributed by atoms with Crippen LogP contribution in [-0.4, -0.2) is 12.0 Å². The van der Waals surface area contributed by atoms with Gasteiger partial charge in [0.1, 0.15) is 10.8 Å². The van der Waals surface area contributed by atoms with Gasteiger partial charge in [0, 0.05) is 17.6 Å². The van der Waals surface area contributed by atoms with Crippen molar-refractivity contribution in [2.45, 2.75) is 6.54 Å². The average molecular weight is 327 g/mol. The van der Waals surface area contributed by atoms with Crippen LogP contribution in [0.1, 0.15) is 5.56 Å². The molecule has 0 heterocycles. The maximum Gasteiger partial charge on any atom is 0.288 e. The summed E-state index contributed by atoms with van der Waals surface area (Å²) in [4.78, 5) is 10.3. The quantitative estimate of drug-likeness (QED) is 0.648. The molecule has 7 heteroatoms. The van der Waals surface area contributed by atoms with Crippen molar-refractivity contribution in [1.82, 2.24) is 0 Å². The zero-order valence-corrected chi connectivity index (χ0v) is 12.6.